The average Bonchev–Trinajstić information content (AvgIpc) is 2.47. The van der Waals surface area contributed by atoms with Crippen molar-refractivity contribution in [2.45, 2.75) is 23.5 Å². The molecule has 1 heterocycles. The third kappa shape index (κ3) is 3.38. The summed E-state index contributed by atoms with van der Waals surface area (Å²) < 4.78 is 39.8. The van der Waals surface area contributed by atoms with Gasteiger partial charge in [0.15, 0.2) is 0 Å². The molecule has 1 atom stereocenters. The summed E-state index contributed by atoms with van der Waals surface area (Å²) in [4.78, 5) is 10.7. The normalized spacial score (nSPS) is 20.4. The van der Waals surface area contributed by atoms with Crippen molar-refractivity contribution in [1.82, 2.24) is 4.31 Å². The lowest BCUT2D eigenvalue weighted by Gasteiger charge is -2.31. The molecule has 0 saturated carbocycles. The van der Waals surface area contributed by atoms with Gasteiger partial charge in [-0.15, -0.1) is 0 Å². The van der Waals surface area contributed by atoms with E-state index >= 15 is 0 Å². The van der Waals surface area contributed by atoms with Crippen LogP contribution in [-0.4, -0.2) is 47.9 Å². The Morgan fingerprint density at radius 1 is 1.52 bits per heavy atom. The molecule has 5 nitrogen and oxygen atoms in total. The van der Waals surface area contributed by atoms with Crippen LogP contribution in [-0.2, 0) is 10.0 Å². The van der Waals surface area contributed by atoms with Gasteiger partial charge in [0, 0.05) is 24.1 Å². The molecule has 1 unspecified atom stereocenters. The second-order valence-electron chi connectivity index (χ2n) is 4.71. The van der Waals surface area contributed by atoms with Crippen LogP contribution in [0.2, 0.25) is 0 Å². The molecule has 0 radical (unpaired) electrons. The summed E-state index contributed by atoms with van der Waals surface area (Å²) in [5.74, 6) is -1.72. The molecule has 0 aliphatic carbocycles. The van der Waals surface area contributed by atoms with E-state index in [0.29, 0.717) is 18.8 Å². The fraction of sp³-hybridized carbons (Fsp3) is 0.462. The number of rotatable bonds is 4. The zero-order chi connectivity index (χ0) is 15.6. The van der Waals surface area contributed by atoms with Crippen molar-refractivity contribution in [3.63, 3.8) is 0 Å². The number of sulfonamides is 1. The number of carboxylic acids is 1. The van der Waals surface area contributed by atoms with Crippen LogP contribution in [0.5, 0.6) is 0 Å². The van der Waals surface area contributed by atoms with Gasteiger partial charge in [-0.05, 0) is 24.6 Å². The van der Waals surface area contributed by atoms with Gasteiger partial charge in [-0.2, -0.15) is 16.1 Å². The minimum Gasteiger partial charge on any atom is -0.478 e. The van der Waals surface area contributed by atoms with Crippen molar-refractivity contribution >= 4 is 27.8 Å². The molecular formula is C13H16FNO4S2. The van der Waals surface area contributed by atoms with E-state index in [4.69, 9.17) is 5.11 Å². The Morgan fingerprint density at radius 2 is 2.24 bits per heavy atom. The van der Waals surface area contributed by atoms with E-state index < -0.39 is 27.4 Å². The third-order valence-electron chi connectivity index (χ3n) is 3.36. The lowest BCUT2D eigenvalue weighted by molar-refractivity contribution is 0.0691. The Labute approximate surface area is 127 Å². The number of hydrogen-bond donors (Lipinski definition) is 1. The van der Waals surface area contributed by atoms with Crippen LogP contribution in [0, 0.1) is 5.82 Å². The van der Waals surface area contributed by atoms with E-state index in [0.717, 1.165) is 24.6 Å². The van der Waals surface area contributed by atoms with Crippen LogP contribution in [0.15, 0.2) is 23.1 Å². The van der Waals surface area contributed by atoms with Gasteiger partial charge in [0.05, 0.1) is 10.5 Å². The molecule has 1 fully saturated rings. The molecule has 1 aromatic carbocycles. The first-order chi connectivity index (χ1) is 9.86. The molecule has 0 bridgehead atoms. The number of thioether (sulfide) groups is 1. The van der Waals surface area contributed by atoms with Crippen LogP contribution >= 0.6 is 11.8 Å². The number of carbonyl (C=O) groups is 1. The van der Waals surface area contributed by atoms with Crippen LogP contribution < -0.4 is 0 Å². The summed E-state index contributed by atoms with van der Waals surface area (Å²) in [6.45, 7) is 2.76. The highest BCUT2D eigenvalue weighted by Crippen LogP contribution is 2.27. The summed E-state index contributed by atoms with van der Waals surface area (Å²) >= 11 is 1.73. The lowest BCUT2D eigenvalue weighted by atomic mass is 10.2. The maximum atomic E-state index is 13.4. The number of halogens is 1. The fourth-order valence-electron chi connectivity index (χ4n) is 2.14. The Balaban J connectivity index is 2.35. The van der Waals surface area contributed by atoms with E-state index in [-0.39, 0.29) is 10.1 Å². The smallest absolute Gasteiger partial charge is 0.338 e. The molecule has 116 valence electrons. The summed E-state index contributed by atoms with van der Waals surface area (Å²) in [5, 5.41) is 9.12. The summed E-state index contributed by atoms with van der Waals surface area (Å²) in [6.07, 6.45) is 0.862. The van der Waals surface area contributed by atoms with E-state index in [1.165, 1.54) is 4.31 Å². The predicted octanol–water partition coefficient (Wildman–Crippen LogP) is 2.04. The van der Waals surface area contributed by atoms with Crippen molar-refractivity contribution in [2.24, 2.45) is 0 Å². The number of aromatic carboxylic acids is 1. The molecule has 1 aromatic rings. The molecule has 0 spiro atoms. The zero-order valence-corrected chi connectivity index (χ0v) is 13.1. The molecule has 1 saturated heterocycles. The minimum atomic E-state index is -3.79. The maximum Gasteiger partial charge on any atom is 0.338 e. The van der Waals surface area contributed by atoms with Crippen LogP contribution in [0.1, 0.15) is 23.7 Å². The first-order valence-corrected chi connectivity index (χ1v) is 8.99. The first kappa shape index (κ1) is 16.3. The molecular weight excluding hydrogens is 317 g/mol. The average molecular weight is 333 g/mol. The molecule has 1 N–H and O–H groups in total. The Bertz CT molecular complexity index is 648. The van der Waals surface area contributed by atoms with Gasteiger partial charge in [-0.1, -0.05) is 6.92 Å². The van der Waals surface area contributed by atoms with Gasteiger partial charge < -0.3 is 5.11 Å². The highest BCUT2D eigenvalue weighted by Gasteiger charge is 2.30. The van der Waals surface area contributed by atoms with Gasteiger partial charge in [-0.3, -0.25) is 0 Å². The van der Waals surface area contributed by atoms with Crippen molar-refractivity contribution in [3.05, 3.63) is 29.6 Å². The summed E-state index contributed by atoms with van der Waals surface area (Å²) in [6, 6.07) is 2.88. The number of hydrogen-bond acceptors (Lipinski definition) is 4. The molecule has 1 aliphatic heterocycles. The zero-order valence-electron chi connectivity index (χ0n) is 11.5. The molecule has 8 heteroatoms. The largest absolute Gasteiger partial charge is 0.478 e. The fourth-order valence-corrected chi connectivity index (χ4v) is 5.04. The monoisotopic (exact) mass is 333 g/mol. The van der Waals surface area contributed by atoms with E-state index in [1.807, 2.05) is 6.92 Å². The highest BCUT2D eigenvalue weighted by atomic mass is 32.2. The Morgan fingerprint density at radius 3 is 2.86 bits per heavy atom. The standard InChI is InChI=1S/C13H16FNO4S2/c1-2-9-8-15(5-6-20-9)21(18,19)10-3-4-12(14)11(7-10)13(16)17/h3-4,7,9H,2,5-6,8H2,1H3,(H,16,17). The van der Waals surface area contributed by atoms with Crippen molar-refractivity contribution in [2.75, 3.05) is 18.8 Å². The molecule has 21 heavy (non-hydrogen) atoms. The van der Waals surface area contributed by atoms with Crippen molar-refractivity contribution < 1.29 is 22.7 Å². The SMILES string of the molecule is CCC1CN(S(=O)(=O)c2ccc(F)c(C(=O)O)c2)CCS1. The highest BCUT2D eigenvalue weighted by molar-refractivity contribution is 8.00. The van der Waals surface area contributed by atoms with Crippen molar-refractivity contribution in [1.29, 1.82) is 0 Å². The minimum absolute atomic E-state index is 0.178. The van der Waals surface area contributed by atoms with Crippen molar-refractivity contribution in [3.8, 4) is 0 Å². The Kier molecular flexibility index (Phi) is 4.90. The van der Waals surface area contributed by atoms with E-state index in [9.17, 15) is 17.6 Å². The number of benzene rings is 1. The maximum absolute atomic E-state index is 13.4. The summed E-state index contributed by atoms with van der Waals surface area (Å²) in [5.41, 5.74) is -0.630. The van der Waals surface area contributed by atoms with E-state index in [1.54, 1.807) is 11.8 Å². The molecule has 2 rings (SSSR count). The van der Waals surface area contributed by atoms with Crippen LogP contribution in [0.25, 0.3) is 0 Å². The second kappa shape index (κ2) is 6.33. The van der Waals surface area contributed by atoms with Gasteiger partial charge in [0.1, 0.15) is 5.82 Å². The number of carboxylic acid groups (broad SMARTS) is 1. The predicted molar refractivity (Wildman–Crippen MR) is 78.7 cm³/mol. The number of nitrogens with zero attached hydrogens (tertiary/aromatic N) is 1. The van der Waals surface area contributed by atoms with Gasteiger partial charge >= 0.3 is 5.97 Å². The molecule has 0 aromatic heterocycles. The van der Waals surface area contributed by atoms with Gasteiger partial charge in [-0.25, -0.2) is 17.6 Å². The molecule has 0 amide bonds. The summed E-state index contributed by atoms with van der Waals surface area (Å²) in [7, 11) is -3.79. The van der Waals surface area contributed by atoms with Crippen LogP contribution in [0.3, 0.4) is 0 Å². The quantitative estimate of drug-likeness (QED) is 0.913. The van der Waals surface area contributed by atoms with Crippen LogP contribution in [0.4, 0.5) is 4.39 Å². The van der Waals surface area contributed by atoms with Gasteiger partial charge in [0.25, 0.3) is 0 Å². The second-order valence-corrected chi connectivity index (χ2v) is 8.06. The topological polar surface area (TPSA) is 74.7 Å². The first-order valence-electron chi connectivity index (χ1n) is 6.51. The molecule has 1 aliphatic rings. The lowest BCUT2D eigenvalue weighted by Crippen LogP contribution is -2.41. The van der Waals surface area contributed by atoms with E-state index in [2.05, 4.69) is 0 Å². The third-order valence-corrected chi connectivity index (χ3v) is 6.60. The van der Waals surface area contributed by atoms with Gasteiger partial charge in [0.2, 0.25) is 10.0 Å². The Hall–Kier alpha value is -1.12.